The molecule has 1 unspecified atom stereocenters. The third-order valence-corrected chi connectivity index (χ3v) is 3.40. The van der Waals surface area contributed by atoms with Gasteiger partial charge in [0.15, 0.2) is 11.6 Å². The topological polar surface area (TPSA) is 29.5 Å². The second kappa shape index (κ2) is 6.33. The number of methoxy groups -OCH3 is 1. The summed E-state index contributed by atoms with van der Waals surface area (Å²) in [5.41, 5.74) is 0.705. The van der Waals surface area contributed by atoms with Crippen molar-refractivity contribution in [1.82, 2.24) is 0 Å². The van der Waals surface area contributed by atoms with Gasteiger partial charge >= 0.3 is 0 Å². The Balaban J connectivity index is 2.25. The molecule has 2 aromatic carbocycles. The minimum absolute atomic E-state index is 0.0406. The minimum atomic E-state index is -0.997. The summed E-state index contributed by atoms with van der Waals surface area (Å²) in [5.74, 6) is -0.848. The van der Waals surface area contributed by atoms with Crippen LogP contribution in [-0.4, -0.2) is 12.2 Å². The van der Waals surface area contributed by atoms with E-state index in [0.717, 1.165) is 0 Å². The van der Waals surface area contributed by atoms with Gasteiger partial charge in [-0.15, -0.1) is 0 Å². The molecule has 5 heteroatoms. The Hall–Kier alpha value is -1.46. The van der Waals surface area contributed by atoms with Crippen LogP contribution in [0.3, 0.4) is 0 Å². The van der Waals surface area contributed by atoms with Gasteiger partial charge in [-0.2, -0.15) is 0 Å². The van der Waals surface area contributed by atoms with E-state index in [4.69, 9.17) is 4.74 Å². The summed E-state index contributed by atoms with van der Waals surface area (Å²) in [7, 11) is 1.38. The zero-order valence-corrected chi connectivity index (χ0v) is 12.3. The Kier molecular flexibility index (Phi) is 4.73. The standard InChI is InChI=1S/C15H13BrF2O2/c1-20-14-4-2-3-9(15(14)18)7-13(19)10-5-11(16)8-12(17)6-10/h2-6,8,13,19H,7H2,1H3. The Bertz CT molecular complexity index is 597. The molecular weight excluding hydrogens is 330 g/mol. The quantitative estimate of drug-likeness (QED) is 0.909. The van der Waals surface area contributed by atoms with Crippen LogP contribution in [0, 0.1) is 11.6 Å². The summed E-state index contributed by atoms with van der Waals surface area (Å²) < 4.78 is 32.7. The number of hydrogen-bond acceptors (Lipinski definition) is 2. The van der Waals surface area contributed by atoms with Gasteiger partial charge in [0.1, 0.15) is 5.82 Å². The molecule has 0 spiro atoms. The van der Waals surface area contributed by atoms with Crippen molar-refractivity contribution in [2.75, 3.05) is 7.11 Å². The highest BCUT2D eigenvalue weighted by Crippen LogP contribution is 2.27. The number of aliphatic hydroxyl groups excluding tert-OH is 1. The molecule has 0 aliphatic carbocycles. The van der Waals surface area contributed by atoms with Gasteiger partial charge in [-0.1, -0.05) is 28.1 Å². The first kappa shape index (κ1) is 14.9. The van der Waals surface area contributed by atoms with Crippen molar-refractivity contribution in [3.8, 4) is 5.75 Å². The lowest BCUT2D eigenvalue weighted by Gasteiger charge is -2.13. The molecule has 0 aliphatic rings. The second-order valence-corrected chi connectivity index (χ2v) is 5.27. The molecule has 20 heavy (non-hydrogen) atoms. The van der Waals surface area contributed by atoms with E-state index in [-0.39, 0.29) is 12.2 Å². The molecule has 0 fully saturated rings. The first-order valence-electron chi connectivity index (χ1n) is 5.96. The van der Waals surface area contributed by atoms with Crippen LogP contribution in [0.5, 0.6) is 5.75 Å². The molecule has 0 saturated carbocycles. The van der Waals surface area contributed by atoms with E-state index in [2.05, 4.69) is 15.9 Å². The van der Waals surface area contributed by atoms with Gasteiger partial charge in [-0.3, -0.25) is 0 Å². The number of rotatable bonds is 4. The molecule has 0 radical (unpaired) electrons. The van der Waals surface area contributed by atoms with Crippen molar-refractivity contribution >= 4 is 15.9 Å². The van der Waals surface area contributed by atoms with E-state index in [1.165, 1.54) is 25.3 Å². The highest BCUT2D eigenvalue weighted by molar-refractivity contribution is 9.10. The Morgan fingerprint density at radius 3 is 2.65 bits per heavy atom. The van der Waals surface area contributed by atoms with Gasteiger partial charge < -0.3 is 9.84 Å². The van der Waals surface area contributed by atoms with E-state index < -0.39 is 17.7 Å². The van der Waals surface area contributed by atoms with Gasteiger partial charge in [-0.25, -0.2) is 8.78 Å². The lowest BCUT2D eigenvalue weighted by Crippen LogP contribution is -2.05. The smallest absolute Gasteiger partial charge is 0.168 e. The fourth-order valence-corrected chi connectivity index (χ4v) is 2.45. The van der Waals surface area contributed by atoms with Gasteiger partial charge in [0, 0.05) is 10.9 Å². The molecule has 0 bridgehead atoms. The van der Waals surface area contributed by atoms with E-state index in [1.807, 2.05) is 0 Å². The van der Waals surface area contributed by atoms with E-state index >= 15 is 0 Å². The zero-order valence-electron chi connectivity index (χ0n) is 10.7. The zero-order chi connectivity index (χ0) is 14.7. The third-order valence-electron chi connectivity index (χ3n) is 2.95. The van der Waals surface area contributed by atoms with Crippen LogP contribution in [0.2, 0.25) is 0 Å². The Morgan fingerprint density at radius 1 is 1.25 bits per heavy atom. The highest BCUT2D eigenvalue weighted by atomic mass is 79.9. The number of hydrogen-bond donors (Lipinski definition) is 1. The maximum absolute atomic E-state index is 14.0. The van der Waals surface area contributed by atoms with Gasteiger partial charge in [0.05, 0.1) is 13.2 Å². The molecular formula is C15H13BrF2O2. The molecule has 2 nitrogen and oxygen atoms in total. The van der Waals surface area contributed by atoms with Crippen LogP contribution < -0.4 is 4.74 Å². The van der Waals surface area contributed by atoms with Crippen LogP contribution >= 0.6 is 15.9 Å². The normalized spacial score (nSPS) is 12.2. The number of aliphatic hydroxyl groups is 1. The Morgan fingerprint density at radius 2 is 2.00 bits per heavy atom. The van der Waals surface area contributed by atoms with Crippen LogP contribution in [0.1, 0.15) is 17.2 Å². The molecule has 2 rings (SSSR count). The van der Waals surface area contributed by atoms with Gasteiger partial charge in [0.2, 0.25) is 0 Å². The molecule has 0 saturated heterocycles. The summed E-state index contributed by atoms with van der Waals surface area (Å²) in [5, 5.41) is 10.1. The summed E-state index contributed by atoms with van der Waals surface area (Å²) in [4.78, 5) is 0. The Labute approximate surface area is 124 Å². The predicted octanol–water partition coefficient (Wildman–Crippen LogP) is 4.01. The molecule has 1 atom stereocenters. The SMILES string of the molecule is COc1cccc(CC(O)c2cc(F)cc(Br)c2)c1F. The first-order chi connectivity index (χ1) is 9.51. The number of ether oxygens (including phenoxy) is 1. The van der Waals surface area contributed by atoms with Crippen molar-refractivity contribution in [2.45, 2.75) is 12.5 Å². The van der Waals surface area contributed by atoms with Crippen LogP contribution in [0.15, 0.2) is 40.9 Å². The molecule has 1 N–H and O–H groups in total. The summed E-state index contributed by atoms with van der Waals surface area (Å²) in [6.45, 7) is 0. The van der Waals surface area contributed by atoms with Gasteiger partial charge in [0.25, 0.3) is 0 Å². The summed E-state index contributed by atoms with van der Waals surface area (Å²) in [6, 6.07) is 8.84. The molecule has 106 valence electrons. The highest BCUT2D eigenvalue weighted by Gasteiger charge is 2.15. The van der Waals surface area contributed by atoms with E-state index in [9.17, 15) is 13.9 Å². The molecule has 2 aromatic rings. The monoisotopic (exact) mass is 342 g/mol. The maximum atomic E-state index is 14.0. The van der Waals surface area contributed by atoms with Crippen LogP contribution in [0.4, 0.5) is 8.78 Å². The summed E-state index contributed by atoms with van der Waals surface area (Å²) in [6.07, 6.45) is -0.956. The van der Waals surface area contributed by atoms with Crippen molar-refractivity contribution in [2.24, 2.45) is 0 Å². The predicted molar refractivity (Wildman–Crippen MR) is 75.7 cm³/mol. The molecule has 0 amide bonds. The van der Waals surface area contributed by atoms with Crippen LogP contribution in [-0.2, 0) is 6.42 Å². The van der Waals surface area contributed by atoms with Gasteiger partial charge in [-0.05, 0) is 35.4 Å². The second-order valence-electron chi connectivity index (χ2n) is 4.36. The number of benzene rings is 2. The van der Waals surface area contributed by atoms with Crippen molar-refractivity contribution in [3.63, 3.8) is 0 Å². The maximum Gasteiger partial charge on any atom is 0.168 e. The van der Waals surface area contributed by atoms with Crippen molar-refractivity contribution < 1.29 is 18.6 Å². The van der Waals surface area contributed by atoms with Crippen molar-refractivity contribution in [3.05, 3.63) is 63.6 Å². The lowest BCUT2D eigenvalue weighted by atomic mass is 10.0. The summed E-state index contributed by atoms with van der Waals surface area (Å²) >= 11 is 3.16. The largest absolute Gasteiger partial charge is 0.494 e. The van der Waals surface area contributed by atoms with E-state index in [0.29, 0.717) is 15.6 Å². The fraction of sp³-hybridized carbons (Fsp3) is 0.200. The average molecular weight is 343 g/mol. The molecule has 0 aliphatic heterocycles. The average Bonchev–Trinajstić information content (AvgIpc) is 2.40. The third kappa shape index (κ3) is 3.35. The fourth-order valence-electron chi connectivity index (χ4n) is 1.97. The first-order valence-corrected chi connectivity index (χ1v) is 6.76. The molecule has 0 aromatic heterocycles. The minimum Gasteiger partial charge on any atom is -0.494 e. The van der Waals surface area contributed by atoms with Crippen molar-refractivity contribution in [1.29, 1.82) is 0 Å². The number of halogens is 3. The van der Waals surface area contributed by atoms with Crippen LogP contribution in [0.25, 0.3) is 0 Å². The lowest BCUT2D eigenvalue weighted by molar-refractivity contribution is 0.176. The van der Waals surface area contributed by atoms with E-state index in [1.54, 1.807) is 18.2 Å². The molecule has 0 heterocycles.